The highest BCUT2D eigenvalue weighted by Gasteiger charge is 2.24. The van der Waals surface area contributed by atoms with E-state index in [1.807, 2.05) is 0 Å². The van der Waals surface area contributed by atoms with E-state index in [9.17, 15) is 19.2 Å². The lowest BCUT2D eigenvalue weighted by Gasteiger charge is -2.10. The number of halogens is 2. The fourth-order valence-electron chi connectivity index (χ4n) is 2.37. The van der Waals surface area contributed by atoms with Gasteiger partial charge in [-0.1, -0.05) is 23.2 Å². The molecule has 2 aromatic heterocycles. The van der Waals surface area contributed by atoms with Crippen molar-refractivity contribution in [2.75, 3.05) is 27.3 Å². The van der Waals surface area contributed by atoms with Gasteiger partial charge in [-0.2, -0.15) is 0 Å². The van der Waals surface area contributed by atoms with Crippen LogP contribution in [0.4, 0.5) is 0 Å². The van der Waals surface area contributed by atoms with E-state index in [1.54, 1.807) is 57.1 Å². The summed E-state index contributed by atoms with van der Waals surface area (Å²) in [6.45, 7) is 3.79. The predicted molar refractivity (Wildman–Crippen MR) is 127 cm³/mol. The maximum Gasteiger partial charge on any atom is 0.343 e. The maximum absolute atomic E-state index is 12.3. The fraction of sp³-hybridized carbons (Fsp3) is 0.304. The zero-order valence-corrected chi connectivity index (χ0v) is 20.7. The molecule has 0 aliphatic rings. The number of nitrogens with zero attached hydrogens (tertiary/aromatic N) is 3. The Labute approximate surface area is 207 Å². The van der Waals surface area contributed by atoms with Crippen LogP contribution in [-0.2, 0) is 19.1 Å². The van der Waals surface area contributed by atoms with Gasteiger partial charge in [-0.05, 0) is 38.1 Å². The largest absolute Gasteiger partial charge is 0.466 e. The molecule has 9 nitrogen and oxygen atoms in total. The molecular weight excluding hydrogens is 485 g/mol. The fourth-order valence-corrected chi connectivity index (χ4v) is 2.80. The first kappa shape index (κ1) is 28.7. The molecule has 0 aromatic carbocycles. The Kier molecular flexibility index (Phi) is 12.5. The van der Waals surface area contributed by atoms with Crippen LogP contribution in [0, 0.1) is 0 Å². The van der Waals surface area contributed by atoms with Gasteiger partial charge < -0.3 is 14.4 Å². The Morgan fingerprint density at radius 2 is 1.44 bits per heavy atom. The van der Waals surface area contributed by atoms with Gasteiger partial charge in [0.2, 0.25) is 5.78 Å². The molecule has 0 bridgehead atoms. The highest BCUT2D eigenvalue weighted by Crippen LogP contribution is 2.17. The third-order valence-electron chi connectivity index (χ3n) is 3.73. The van der Waals surface area contributed by atoms with Crippen molar-refractivity contribution in [3.63, 3.8) is 0 Å². The SMILES string of the molecule is CCOC(=O)C(=CN(C)C)C(=O)c1ncccc1Cl.CCOC(=O)CC(=O)c1ncccc1Cl. The molecule has 0 spiro atoms. The molecule has 0 radical (unpaired) electrons. The summed E-state index contributed by atoms with van der Waals surface area (Å²) in [5, 5.41) is 0.438. The van der Waals surface area contributed by atoms with Crippen LogP contribution in [0.15, 0.2) is 48.4 Å². The number of hydrogen-bond donors (Lipinski definition) is 0. The van der Waals surface area contributed by atoms with E-state index in [0.29, 0.717) is 0 Å². The Morgan fingerprint density at radius 3 is 1.91 bits per heavy atom. The van der Waals surface area contributed by atoms with Crippen molar-refractivity contribution in [2.24, 2.45) is 0 Å². The molecule has 0 saturated carbocycles. The third kappa shape index (κ3) is 9.29. The number of carbonyl (C=O) groups is 4. The molecule has 2 rings (SSSR count). The highest BCUT2D eigenvalue weighted by atomic mass is 35.5. The van der Waals surface area contributed by atoms with E-state index in [0.717, 1.165) is 0 Å². The summed E-state index contributed by atoms with van der Waals surface area (Å²) < 4.78 is 9.51. The van der Waals surface area contributed by atoms with Crippen LogP contribution in [0.25, 0.3) is 0 Å². The van der Waals surface area contributed by atoms with Gasteiger partial charge in [-0.25, -0.2) is 4.79 Å². The minimum absolute atomic E-state index is 0.0327. The zero-order chi connectivity index (χ0) is 25.7. The molecule has 0 aliphatic carbocycles. The summed E-state index contributed by atoms with van der Waals surface area (Å²) in [4.78, 5) is 55.9. The zero-order valence-electron chi connectivity index (χ0n) is 19.2. The van der Waals surface area contributed by atoms with Crippen molar-refractivity contribution in [3.8, 4) is 0 Å². The average molecular weight is 510 g/mol. The van der Waals surface area contributed by atoms with Crippen LogP contribution < -0.4 is 0 Å². The lowest BCUT2D eigenvalue weighted by atomic mass is 10.1. The lowest BCUT2D eigenvalue weighted by Crippen LogP contribution is -2.20. The van der Waals surface area contributed by atoms with Gasteiger partial charge in [0.1, 0.15) is 23.4 Å². The van der Waals surface area contributed by atoms with Gasteiger partial charge in [0.25, 0.3) is 0 Å². The second-order valence-electron chi connectivity index (χ2n) is 6.63. The second kappa shape index (κ2) is 14.8. The highest BCUT2D eigenvalue weighted by molar-refractivity contribution is 6.36. The summed E-state index contributed by atoms with van der Waals surface area (Å²) in [6, 6.07) is 6.31. The van der Waals surface area contributed by atoms with E-state index in [-0.39, 0.29) is 46.6 Å². The summed E-state index contributed by atoms with van der Waals surface area (Å²) in [7, 11) is 3.40. The number of hydrogen-bond acceptors (Lipinski definition) is 9. The monoisotopic (exact) mass is 509 g/mol. The van der Waals surface area contributed by atoms with Crippen LogP contribution in [0.2, 0.25) is 10.0 Å². The number of esters is 2. The molecule has 0 amide bonds. The standard InChI is InChI=1S/C13H15ClN2O3.C10H10ClNO3/c1-4-19-13(18)9(8-16(2)3)12(17)11-10(14)6-5-7-15-11;1-2-15-9(14)6-8(13)10-7(11)4-3-5-12-10/h5-8H,4H2,1-3H3;3-5H,2,6H2,1H3. The quantitative estimate of drug-likeness (QED) is 0.163. The van der Waals surface area contributed by atoms with E-state index in [4.69, 9.17) is 27.9 Å². The molecule has 11 heteroatoms. The van der Waals surface area contributed by atoms with Crippen LogP contribution in [0.3, 0.4) is 0 Å². The van der Waals surface area contributed by atoms with Crippen molar-refractivity contribution in [3.05, 3.63) is 69.9 Å². The van der Waals surface area contributed by atoms with Crippen LogP contribution in [0.1, 0.15) is 41.2 Å². The van der Waals surface area contributed by atoms with Crippen molar-refractivity contribution in [1.29, 1.82) is 0 Å². The molecule has 0 aliphatic heterocycles. The Hall–Kier alpha value is -3.30. The number of carbonyl (C=O) groups excluding carboxylic acids is 4. The predicted octanol–water partition coefficient (Wildman–Crippen LogP) is 3.80. The summed E-state index contributed by atoms with van der Waals surface area (Å²) in [5.41, 5.74) is 0.0324. The minimum Gasteiger partial charge on any atom is -0.466 e. The Morgan fingerprint density at radius 1 is 0.912 bits per heavy atom. The van der Waals surface area contributed by atoms with Crippen molar-refractivity contribution in [2.45, 2.75) is 20.3 Å². The first-order chi connectivity index (χ1) is 16.1. The number of Topliss-reactive ketones (excluding diaryl/α,β-unsaturated/α-hetero) is 2. The van der Waals surface area contributed by atoms with Gasteiger partial charge in [0.05, 0.1) is 23.3 Å². The van der Waals surface area contributed by atoms with E-state index >= 15 is 0 Å². The molecule has 0 saturated heterocycles. The molecule has 182 valence electrons. The smallest absolute Gasteiger partial charge is 0.343 e. The molecule has 0 fully saturated rings. The van der Waals surface area contributed by atoms with Crippen molar-refractivity contribution >= 4 is 46.7 Å². The molecule has 0 N–H and O–H groups in total. The molecule has 2 heterocycles. The van der Waals surface area contributed by atoms with Crippen LogP contribution >= 0.6 is 23.2 Å². The van der Waals surface area contributed by atoms with Crippen molar-refractivity contribution in [1.82, 2.24) is 14.9 Å². The number of rotatable bonds is 9. The second-order valence-corrected chi connectivity index (χ2v) is 7.44. The van der Waals surface area contributed by atoms with Gasteiger partial charge in [0, 0.05) is 32.7 Å². The maximum atomic E-state index is 12.3. The van der Waals surface area contributed by atoms with Gasteiger partial charge in [-0.3, -0.25) is 24.4 Å². The molecule has 0 unspecified atom stereocenters. The van der Waals surface area contributed by atoms with Gasteiger partial charge in [0.15, 0.2) is 5.78 Å². The molecule has 0 atom stereocenters. The molecular formula is C23H25Cl2N3O6. The summed E-state index contributed by atoms with van der Waals surface area (Å²) in [6.07, 6.45) is 3.96. The van der Waals surface area contributed by atoms with Crippen LogP contribution in [-0.4, -0.2) is 65.7 Å². The molecule has 2 aromatic rings. The first-order valence-corrected chi connectivity index (χ1v) is 10.9. The molecule has 34 heavy (non-hydrogen) atoms. The summed E-state index contributed by atoms with van der Waals surface area (Å²) in [5.74, 6) is -2.25. The van der Waals surface area contributed by atoms with Crippen LogP contribution in [0.5, 0.6) is 0 Å². The van der Waals surface area contributed by atoms with Crippen molar-refractivity contribution < 1.29 is 28.7 Å². The summed E-state index contributed by atoms with van der Waals surface area (Å²) >= 11 is 11.6. The topological polar surface area (TPSA) is 116 Å². The normalized spacial score (nSPS) is 10.5. The van der Waals surface area contributed by atoms with E-state index in [1.165, 1.54) is 18.6 Å². The van der Waals surface area contributed by atoms with Gasteiger partial charge >= 0.3 is 11.9 Å². The number of ketones is 2. The van der Waals surface area contributed by atoms with E-state index < -0.39 is 23.5 Å². The number of ether oxygens (including phenoxy) is 2. The number of aromatic nitrogens is 2. The Balaban J connectivity index is 0.000000350. The lowest BCUT2D eigenvalue weighted by molar-refractivity contribution is -0.142. The number of pyridine rings is 2. The first-order valence-electron chi connectivity index (χ1n) is 10.1. The third-order valence-corrected chi connectivity index (χ3v) is 4.34. The Bertz CT molecular complexity index is 1060. The average Bonchev–Trinajstić information content (AvgIpc) is 2.78. The van der Waals surface area contributed by atoms with E-state index in [2.05, 4.69) is 14.7 Å². The van der Waals surface area contributed by atoms with Gasteiger partial charge in [-0.15, -0.1) is 0 Å². The minimum atomic E-state index is -0.692.